The molecule has 100 valence electrons. The quantitative estimate of drug-likeness (QED) is 0.314. The summed E-state index contributed by atoms with van der Waals surface area (Å²) in [6, 6.07) is 0. The summed E-state index contributed by atoms with van der Waals surface area (Å²) in [4.78, 5) is 10.2. The number of amidine groups is 1. The van der Waals surface area contributed by atoms with Crippen LogP contribution in [-0.2, 0) is 0 Å². The fraction of sp³-hybridized carbons (Fsp3) is 0.545. The molecule has 1 aromatic heterocycles. The van der Waals surface area contributed by atoms with Crippen LogP contribution < -0.4 is 10.5 Å². The summed E-state index contributed by atoms with van der Waals surface area (Å²) >= 11 is 0. The fourth-order valence-electron chi connectivity index (χ4n) is 1.41. The maximum absolute atomic E-state index is 8.54. The number of hydrogen-bond donors (Lipinski definition) is 2. The molecule has 0 amide bonds. The monoisotopic (exact) mass is 253 g/mol. The molecule has 0 aliphatic carbocycles. The lowest BCUT2D eigenvalue weighted by Crippen LogP contribution is -2.28. The van der Waals surface area contributed by atoms with Crippen LogP contribution in [0.3, 0.4) is 0 Å². The molecule has 0 unspecified atom stereocenters. The summed E-state index contributed by atoms with van der Waals surface area (Å²) in [7, 11) is 0. The first-order valence-electron chi connectivity index (χ1n) is 5.86. The molecule has 1 aromatic rings. The Bertz CT molecular complexity index is 393. The molecule has 7 heteroatoms. The van der Waals surface area contributed by atoms with Gasteiger partial charge >= 0.3 is 0 Å². The molecule has 1 rings (SSSR count). The van der Waals surface area contributed by atoms with Crippen LogP contribution in [0.1, 0.15) is 19.5 Å². The molecule has 0 fully saturated rings. The van der Waals surface area contributed by atoms with Crippen molar-refractivity contribution in [2.24, 2.45) is 10.9 Å². The molecule has 0 aliphatic rings. The molecular formula is C11H19N5O2. The largest absolute Gasteiger partial charge is 0.475 e. The molecule has 3 N–H and O–H groups in total. The highest BCUT2D eigenvalue weighted by atomic mass is 16.5. The lowest BCUT2D eigenvalue weighted by atomic mass is 10.4. The molecular weight excluding hydrogens is 234 g/mol. The van der Waals surface area contributed by atoms with Crippen molar-refractivity contribution in [3.05, 3.63) is 18.1 Å². The Hall–Kier alpha value is -1.89. The topological polar surface area (TPSA) is 96.9 Å². The van der Waals surface area contributed by atoms with E-state index in [0.29, 0.717) is 12.5 Å². The van der Waals surface area contributed by atoms with Crippen LogP contribution in [0.25, 0.3) is 0 Å². The Morgan fingerprint density at radius 3 is 2.78 bits per heavy atom. The smallest absolute Gasteiger partial charge is 0.233 e. The van der Waals surface area contributed by atoms with Gasteiger partial charge in [0.2, 0.25) is 5.88 Å². The van der Waals surface area contributed by atoms with Crippen molar-refractivity contribution in [1.29, 1.82) is 0 Å². The maximum Gasteiger partial charge on any atom is 0.233 e. The molecule has 0 saturated carbocycles. The van der Waals surface area contributed by atoms with Gasteiger partial charge in [0.25, 0.3) is 0 Å². The first kappa shape index (κ1) is 14.2. The van der Waals surface area contributed by atoms with Gasteiger partial charge in [0.15, 0.2) is 5.84 Å². The summed E-state index contributed by atoms with van der Waals surface area (Å²) in [5, 5.41) is 11.4. The minimum Gasteiger partial charge on any atom is -0.475 e. The van der Waals surface area contributed by atoms with Gasteiger partial charge in [-0.15, -0.1) is 0 Å². The van der Waals surface area contributed by atoms with E-state index < -0.39 is 0 Å². The van der Waals surface area contributed by atoms with Gasteiger partial charge in [-0.05, 0) is 13.1 Å². The Balaban J connectivity index is 2.52. The van der Waals surface area contributed by atoms with E-state index in [-0.39, 0.29) is 11.5 Å². The molecule has 0 radical (unpaired) electrons. The van der Waals surface area contributed by atoms with Crippen LogP contribution in [0.2, 0.25) is 0 Å². The van der Waals surface area contributed by atoms with E-state index in [1.165, 1.54) is 12.4 Å². The molecule has 18 heavy (non-hydrogen) atoms. The third-order valence-electron chi connectivity index (χ3n) is 2.53. The van der Waals surface area contributed by atoms with Gasteiger partial charge in [0.05, 0.1) is 12.4 Å². The number of hydrogen-bond acceptors (Lipinski definition) is 6. The van der Waals surface area contributed by atoms with Gasteiger partial charge < -0.3 is 20.6 Å². The molecule has 0 bridgehead atoms. The highest BCUT2D eigenvalue weighted by Crippen LogP contribution is 2.05. The van der Waals surface area contributed by atoms with Crippen molar-refractivity contribution >= 4 is 5.84 Å². The van der Waals surface area contributed by atoms with Crippen LogP contribution >= 0.6 is 0 Å². The van der Waals surface area contributed by atoms with Gasteiger partial charge in [-0.3, -0.25) is 4.98 Å². The second-order valence-corrected chi connectivity index (χ2v) is 3.60. The first-order chi connectivity index (χ1) is 8.71. The number of nitrogens with zero attached hydrogens (tertiary/aromatic N) is 4. The van der Waals surface area contributed by atoms with Crippen LogP contribution in [0.5, 0.6) is 5.88 Å². The maximum atomic E-state index is 8.54. The number of aromatic nitrogens is 2. The van der Waals surface area contributed by atoms with E-state index in [2.05, 4.69) is 33.9 Å². The summed E-state index contributed by atoms with van der Waals surface area (Å²) in [5.74, 6) is 0.281. The number of likely N-dealkylation sites (N-methyl/N-ethyl adjacent to an activating group) is 1. The number of ether oxygens (including phenoxy) is 1. The SMILES string of the molecule is CCN(CC)CCOc1cncc(/C(N)=N/O)n1. The zero-order valence-electron chi connectivity index (χ0n) is 10.7. The van der Waals surface area contributed by atoms with Crippen molar-refractivity contribution in [3.8, 4) is 5.88 Å². The number of rotatable bonds is 7. The van der Waals surface area contributed by atoms with Gasteiger partial charge in [-0.1, -0.05) is 19.0 Å². The second kappa shape index (κ2) is 7.44. The second-order valence-electron chi connectivity index (χ2n) is 3.60. The molecule has 0 saturated heterocycles. The van der Waals surface area contributed by atoms with E-state index in [1.54, 1.807) is 0 Å². The summed E-state index contributed by atoms with van der Waals surface area (Å²) in [6.07, 6.45) is 2.91. The van der Waals surface area contributed by atoms with E-state index in [0.717, 1.165) is 19.6 Å². The third-order valence-corrected chi connectivity index (χ3v) is 2.53. The lowest BCUT2D eigenvalue weighted by molar-refractivity contribution is 0.217. The van der Waals surface area contributed by atoms with E-state index in [9.17, 15) is 0 Å². The normalized spacial score (nSPS) is 11.8. The van der Waals surface area contributed by atoms with Crippen molar-refractivity contribution in [2.45, 2.75) is 13.8 Å². The lowest BCUT2D eigenvalue weighted by Gasteiger charge is -2.17. The molecule has 1 heterocycles. The zero-order valence-corrected chi connectivity index (χ0v) is 10.7. The van der Waals surface area contributed by atoms with E-state index in [4.69, 9.17) is 15.7 Å². The average molecular weight is 253 g/mol. The number of oxime groups is 1. The van der Waals surface area contributed by atoms with Crippen LogP contribution in [0, 0.1) is 0 Å². The van der Waals surface area contributed by atoms with Crippen LogP contribution in [0.4, 0.5) is 0 Å². The fourth-order valence-corrected chi connectivity index (χ4v) is 1.41. The Labute approximate surface area is 106 Å². The zero-order chi connectivity index (χ0) is 13.4. The Kier molecular flexibility index (Phi) is 5.86. The van der Waals surface area contributed by atoms with E-state index >= 15 is 0 Å². The number of nitrogens with two attached hydrogens (primary N) is 1. The summed E-state index contributed by atoms with van der Waals surface area (Å²) in [5.41, 5.74) is 5.71. The standard InChI is InChI=1S/C11H19N5O2/c1-3-16(4-2)5-6-18-10-8-13-7-9(14-10)11(12)15-17/h7-8,17H,3-6H2,1-2H3,(H2,12,15). The molecule has 0 aromatic carbocycles. The summed E-state index contributed by atoms with van der Waals surface area (Å²) in [6.45, 7) is 7.51. The molecule has 0 aliphatic heterocycles. The van der Waals surface area contributed by atoms with Gasteiger partial charge in [-0.25, -0.2) is 4.98 Å². The van der Waals surface area contributed by atoms with E-state index in [1.807, 2.05) is 0 Å². The van der Waals surface area contributed by atoms with Gasteiger partial charge in [0.1, 0.15) is 12.3 Å². The minimum absolute atomic E-state index is 0.0864. The van der Waals surface area contributed by atoms with Gasteiger partial charge in [-0.2, -0.15) is 0 Å². The summed E-state index contributed by atoms with van der Waals surface area (Å²) < 4.78 is 5.47. The van der Waals surface area contributed by atoms with Crippen LogP contribution in [0.15, 0.2) is 17.5 Å². The van der Waals surface area contributed by atoms with Crippen molar-refractivity contribution < 1.29 is 9.94 Å². The predicted molar refractivity (Wildman–Crippen MR) is 67.8 cm³/mol. The van der Waals surface area contributed by atoms with Gasteiger partial charge in [0, 0.05) is 6.54 Å². The minimum atomic E-state index is -0.0864. The average Bonchev–Trinajstić information content (AvgIpc) is 2.43. The first-order valence-corrected chi connectivity index (χ1v) is 5.86. The molecule has 7 nitrogen and oxygen atoms in total. The Morgan fingerprint density at radius 1 is 1.44 bits per heavy atom. The van der Waals surface area contributed by atoms with Crippen molar-refractivity contribution in [1.82, 2.24) is 14.9 Å². The predicted octanol–water partition coefficient (Wildman–Crippen LogP) is 0.292. The highest BCUT2D eigenvalue weighted by Gasteiger charge is 2.05. The highest BCUT2D eigenvalue weighted by molar-refractivity contribution is 5.94. The molecule has 0 atom stereocenters. The van der Waals surface area contributed by atoms with Crippen molar-refractivity contribution in [3.63, 3.8) is 0 Å². The van der Waals surface area contributed by atoms with Crippen molar-refractivity contribution in [2.75, 3.05) is 26.2 Å². The third kappa shape index (κ3) is 4.17. The molecule has 0 spiro atoms. The van der Waals surface area contributed by atoms with Crippen LogP contribution in [-0.4, -0.2) is 52.2 Å². The Morgan fingerprint density at radius 2 is 2.17 bits per heavy atom.